The number of ether oxygens (including phenoxy) is 2. The van der Waals surface area contributed by atoms with Crippen LogP contribution in [0.4, 0.5) is 5.69 Å². The summed E-state index contributed by atoms with van der Waals surface area (Å²) in [6, 6.07) is 13.9. The van der Waals surface area contributed by atoms with Gasteiger partial charge in [0.25, 0.3) is 0 Å². The van der Waals surface area contributed by atoms with Crippen LogP contribution in [0.1, 0.15) is 24.0 Å². The van der Waals surface area contributed by atoms with Gasteiger partial charge in [0.2, 0.25) is 11.8 Å². The van der Waals surface area contributed by atoms with Crippen molar-refractivity contribution in [3.05, 3.63) is 53.6 Å². The summed E-state index contributed by atoms with van der Waals surface area (Å²) in [6.07, 6.45) is 1.01. The van der Waals surface area contributed by atoms with E-state index in [2.05, 4.69) is 10.6 Å². The first-order valence-corrected chi connectivity index (χ1v) is 8.83. The van der Waals surface area contributed by atoms with Crippen LogP contribution in [0.5, 0.6) is 11.5 Å². The van der Waals surface area contributed by atoms with Gasteiger partial charge in [-0.1, -0.05) is 6.07 Å². The van der Waals surface area contributed by atoms with Gasteiger partial charge in [-0.25, -0.2) is 0 Å². The van der Waals surface area contributed by atoms with E-state index in [1.807, 2.05) is 12.1 Å². The highest BCUT2D eigenvalue weighted by atomic mass is 16.5. The lowest BCUT2D eigenvalue weighted by molar-refractivity contribution is -0.134. The minimum absolute atomic E-state index is 0.283. The van der Waals surface area contributed by atoms with Crippen LogP contribution < -0.4 is 20.1 Å². The van der Waals surface area contributed by atoms with Crippen LogP contribution in [-0.2, 0) is 16.1 Å². The first kappa shape index (κ1) is 19.2. The number of hydrogen-bond donors (Lipinski definition) is 2. The summed E-state index contributed by atoms with van der Waals surface area (Å²) in [7, 11) is 3.11. The molecule has 1 saturated carbocycles. The molecule has 0 unspecified atom stereocenters. The fourth-order valence-corrected chi connectivity index (χ4v) is 2.90. The van der Waals surface area contributed by atoms with Crippen LogP contribution in [0, 0.1) is 16.7 Å². The predicted molar refractivity (Wildman–Crippen MR) is 103 cm³/mol. The van der Waals surface area contributed by atoms with Gasteiger partial charge in [-0.2, -0.15) is 5.26 Å². The first-order chi connectivity index (χ1) is 13.5. The molecular formula is C21H21N3O4. The van der Waals surface area contributed by atoms with E-state index in [0.29, 0.717) is 35.6 Å². The monoisotopic (exact) mass is 379 g/mol. The zero-order chi connectivity index (χ0) is 20.1. The number of anilines is 1. The fraction of sp³-hybridized carbons (Fsp3) is 0.286. The number of carbonyl (C=O) groups excluding carboxylic acids is 2. The Kier molecular flexibility index (Phi) is 5.50. The van der Waals surface area contributed by atoms with Crippen LogP contribution >= 0.6 is 0 Å². The normalized spacial score (nSPS) is 13.8. The van der Waals surface area contributed by atoms with E-state index < -0.39 is 5.41 Å². The van der Waals surface area contributed by atoms with Crippen molar-refractivity contribution in [3.63, 3.8) is 0 Å². The van der Waals surface area contributed by atoms with Crippen molar-refractivity contribution in [1.29, 1.82) is 5.26 Å². The molecule has 0 heterocycles. The quantitative estimate of drug-likeness (QED) is 0.720. The Morgan fingerprint density at radius 1 is 1.04 bits per heavy atom. The summed E-state index contributed by atoms with van der Waals surface area (Å²) in [5.41, 5.74) is 0.869. The maximum absolute atomic E-state index is 12.6. The average molecular weight is 379 g/mol. The summed E-state index contributed by atoms with van der Waals surface area (Å²) >= 11 is 0. The van der Waals surface area contributed by atoms with E-state index in [1.54, 1.807) is 50.6 Å². The molecule has 2 N–H and O–H groups in total. The zero-order valence-electron chi connectivity index (χ0n) is 15.7. The van der Waals surface area contributed by atoms with Gasteiger partial charge in [-0.15, -0.1) is 0 Å². The Labute approximate surface area is 163 Å². The molecule has 1 aliphatic carbocycles. The van der Waals surface area contributed by atoms with Crippen molar-refractivity contribution in [2.75, 3.05) is 19.5 Å². The minimum Gasteiger partial charge on any atom is -0.493 e. The molecule has 0 bridgehead atoms. The second-order valence-electron chi connectivity index (χ2n) is 6.60. The van der Waals surface area contributed by atoms with Crippen molar-refractivity contribution in [2.24, 2.45) is 5.41 Å². The van der Waals surface area contributed by atoms with Gasteiger partial charge in [-0.3, -0.25) is 9.59 Å². The molecule has 2 aromatic rings. The predicted octanol–water partition coefficient (Wildman–Crippen LogP) is 2.61. The molecule has 1 aliphatic rings. The number of amides is 2. The van der Waals surface area contributed by atoms with Crippen LogP contribution in [0.15, 0.2) is 42.5 Å². The number of carbonyl (C=O) groups is 2. The Morgan fingerprint density at radius 3 is 2.29 bits per heavy atom. The summed E-state index contributed by atoms with van der Waals surface area (Å²) in [5.74, 6) is 0.558. The lowest BCUT2D eigenvalue weighted by Crippen LogP contribution is -2.39. The van der Waals surface area contributed by atoms with Gasteiger partial charge in [0, 0.05) is 12.2 Å². The highest BCUT2D eigenvalue weighted by molar-refractivity contribution is 6.13. The summed E-state index contributed by atoms with van der Waals surface area (Å²) in [5, 5.41) is 14.4. The summed E-state index contributed by atoms with van der Waals surface area (Å²) < 4.78 is 10.5. The van der Waals surface area contributed by atoms with Gasteiger partial charge in [0.15, 0.2) is 11.5 Å². The summed E-state index contributed by atoms with van der Waals surface area (Å²) in [6.45, 7) is 0.283. The highest BCUT2D eigenvalue weighted by Crippen LogP contribution is 2.47. The van der Waals surface area contributed by atoms with Crippen molar-refractivity contribution in [3.8, 4) is 17.6 Å². The Balaban J connectivity index is 1.61. The molecule has 0 atom stereocenters. The molecular weight excluding hydrogens is 358 g/mol. The zero-order valence-corrected chi connectivity index (χ0v) is 15.7. The fourth-order valence-electron chi connectivity index (χ4n) is 2.90. The molecule has 0 radical (unpaired) electrons. The van der Waals surface area contributed by atoms with Gasteiger partial charge in [0.1, 0.15) is 5.41 Å². The summed E-state index contributed by atoms with van der Waals surface area (Å²) in [4.78, 5) is 25.3. The number of rotatable bonds is 7. The molecule has 2 amide bonds. The number of nitrogens with zero attached hydrogens (tertiary/aromatic N) is 1. The van der Waals surface area contributed by atoms with Crippen LogP contribution in [0.25, 0.3) is 0 Å². The minimum atomic E-state index is -1.04. The van der Waals surface area contributed by atoms with Crippen LogP contribution in [0.2, 0.25) is 0 Å². The van der Waals surface area contributed by atoms with Crippen molar-refractivity contribution in [2.45, 2.75) is 19.4 Å². The molecule has 2 aromatic carbocycles. The second kappa shape index (κ2) is 8.01. The number of benzene rings is 2. The standard InChI is InChI=1S/C21H21N3O4/c1-27-17-8-5-15(11-18(17)28-2)13-23-19(25)21(9-10-21)20(26)24-16-6-3-14(12-22)4-7-16/h3-8,11H,9-10,13H2,1-2H3,(H,23,25)(H,24,26). The van der Waals surface area contributed by atoms with E-state index in [9.17, 15) is 9.59 Å². The Bertz CT molecular complexity index is 928. The molecule has 0 saturated heterocycles. The molecule has 0 spiro atoms. The van der Waals surface area contributed by atoms with Crippen molar-refractivity contribution >= 4 is 17.5 Å². The smallest absolute Gasteiger partial charge is 0.240 e. The molecule has 28 heavy (non-hydrogen) atoms. The van der Waals surface area contributed by atoms with Gasteiger partial charge in [0.05, 0.1) is 25.9 Å². The SMILES string of the molecule is COc1ccc(CNC(=O)C2(C(=O)Nc3ccc(C#N)cc3)CC2)cc1OC. The van der Waals surface area contributed by atoms with E-state index in [0.717, 1.165) is 5.56 Å². The van der Waals surface area contributed by atoms with E-state index >= 15 is 0 Å². The molecule has 7 heteroatoms. The number of methoxy groups -OCH3 is 2. The third kappa shape index (κ3) is 3.91. The van der Waals surface area contributed by atoms with E-state index in [1.165, 1.54) is 0 Å². The van der Waals surface area contributed by atoms with Gasteiger partial charge in [-0.05, 0) is 54.8 Å². The van der Waals surface area contributed by atoms with Crippen molar-refractivity contribution in [1.82, 2.24) is 5.32 Å². The molecule has 3 rings (SSSR count). The number of nitrogens with one attached hydrogen (secondary N) is 2. The largest absolute Gasteiger partial charge is 0.493 e. The number of hydrogen-bond acceptors (Lipinski definition) is 5. The maximum Gasteiger partial charge on any atom is 0.240 e. The molecule has 7 nitrogen and oxygen atoms in total. The Morgan fingerprint density at radius 2 is 1.71 bits per heavy atom. The van der Waals surface area contributed by atoms with E-state index in [4.69, 9.17) is 14.7 Å². The van der Waals surface area contributed by atoms with Gasteiger partial charge >= 0.3 is 0 Å². The second-order valence-corrected chi connectivity index (χ2v) is 6.60. The average Bonchev–Trinajstić information content (AvgIpc) is 3.54. The molecule has 0 aromatic heterocycles. The van der Waals surface area contributed by atoms with Crippen LogP contribution in [0.3, 0.4) is 0 Å². The maximum atomic E-state index is 12.6. The third-order valence-electron chi connectivity index (χ3n) is 4.79. The first-order valence-electron chi connectivity index (χ1n) is 8.83. The number of nitriles is 1. The van der Waals surface area contributed by atoms with Crippen molar-refractivity contribution < 1.29 is 19.1 Å². The Hall–Kier alpha value is -3.53. The molecule has 1 fully saturated rings. The van der Waals surface area contributed by atoms with E-state index in [-0.39, 0.29) is 18.4 Å². The molecule has 0 aliphatic heterocycles. The van der Waals surface area contributed by atoms with Crippen LogP contribution in [-0.4, -0.2) is 26.0 Å². The lowest BCUT2D eigenvalue weighted by atomic mass is 10.0. The third-order valence-corrected chi connectivity index (χ3v) is 4.79. The topological polar surface area (TPSA) is 100 Å². The lowest BCUT2D eigenvalue weighted by Gasteiger charge is -2.16. The highest BCUT2D eigenvalue weighted by Gasteiger charge is 2.56. The van der Waals surface area contributed by atoms with Gasteiger partial charge < -0.3 is 20.1 Å². The molecule has 144 valence electrons.